The molecule has 1 saturated heterocycles. The third kappa shape index (κ3) is 2.97. The Morgan fingerprint density at radius 2 is 1.65 bits per heavy atom. The van der Waals surface area contributed by atoms with E-state index in [1.54, 1.807) is 0 Å². The van der Waals surface area contributed by atoms with Crippen molar-refractivity contribution >= 4 is 10.0 Å². The van der Waals surface area contributed by atoms with Crippen LogP contribution in [0.25, 0.3) is 0 Å². The van der Waals surface area contributed by atoms with E-state index in [4.69, 9.17) is 10.5 Å². The molecule has 7 heteroatoms. The van der Waals surface area contributed by atoms with Crippen molar-refractivity contribution in [1.82, 2.24) is 9.21 Å². The zero-order chi connectivity index (χ0) is 14.6. The summed E-state index contributed by atoms with van der Waals surface area (Å²) in [4.78, 5) is 2.12. The zero-order valence-corrected chi connectivity index (χ0v) is 11.7. The first-order valence-corrected chi connectivity index (χ1v) is 7.61. The lowest BCUT2D eigenvalue weighted by Gasteiger charge is -2.32. The predicted molar refractivity (Wildman–Crippen MR) is 72.0 cm³/mol. The summed E-state index contributed by atoms with van der Waals surface area (Å²) >= 11 is 0. The second-order valence-electron chi connectivity index (χ2n) is 4.47. The summed E-state index contributed by atoms with van der Waals surface area (Å²) in [6.07, 6.45) is 0. The van der Waals surface area contributed by atoms with Crippen LogP contribution in [-0.4, -0.2) is 50.3 Å². The van der Waals surface area contributed by atoms with Gasteiger partial charge in [0.05, 0.1) is 29.1 Å². The van der Waals surface area contributed by atoms with E-state index in [2.05, 4.69) is 6.07 Å². The van der Waals surface area contributed by atoms with Crippen LogP contribution in [-0.2, 0) is 10.0 Å². The van der Waals surface area contributed by atoms with Gasteiger partial charge in [-0.15, -0.1) is 0 Å². The minimum absolute atomic E-state index is 0.199. The Hall–Kier alpha value is -1.93. The number of rotatable bonds is 3. The van der Waals surface area contributed by atoms with Crippen molar-refractivity contribution in [1.29, 1.82) is 10.5 Å². The number of benzene rings is 1. The fourth-order valence-corrected chi connectivity index (χ4v) is 3.50. The lowest BCUT2D eigenvalue weighted by atomic mass is 10.2. The molecule has 1 aromatic rings. The van der Waals surface area contributed by atoms with Crippen LogP contribution < -0.4 is 0 Å². The SMILES string of the molecule is N#CCN1CCN(S(=O)(=O)c2ccc(C#N)cc2)CC1. The summed E-state index contributed by atoms with van der Waals surface area (Å²) in [5.74, 6) is 0. The maximum atomic E-state index is 12.4. The Morgan fingerprint density at radius 1 is 1.05 bits per heavy atom. The number of hydrogen-bond acceptors (Lipinski definition) is 5. The molecule has 0 atom stereocenters. The maximum absolute atomic E-state index is 12.4. The summed E-state index contributed by atoms with van der Waals surface area (Å²) in [5, 5.41) is 17.3. The van der Waals surface area contributed by atoms with E-state index in [9.17, 15) is 8.42 Å². The first-order valence-electron chi connectivity index (χ1n) is 6.17. The minimum atomic E-state index is -3.51. The van der Waals surface area contributed by atoms with E-state index >= 15 is 0 Å². The molecule has 0 radical (unpaired) electrons. The van der Waals surface area contributed by atoms with Crippen LogP contribution in [0.5, 0.6) is 0 Å². The van der Waals surface area contributed by atoms with Gasteiger partial charge in [-0.1, -0.05) is 0 Å². The van der Waals surface area contributed by atoms with Crippen molar-refractivity contribution in [2.75, 3.05) is 32.7 Å². The highest BCUT2D eigenvalue weighted by atomic mass is 32.2. The molecule has 2 rings (SSSR count). The van der Waals surface area contributed by atoms with Crippen molar-refractivity contribution < 1.29 is 8.42 Å². The molecular formula is C13H14N4O2S. The largest absolute Gasteiger partial charge is 0.288 e. The van der Waals surface area contributed by atoms with Crippen LogP contribution in [0.4, 0.5) is 0 Å². The third-order valence-corrected chi connectivity index (χ3v) is 5.16. The quantitative estimate of drug-likeness (QED) is 0.751. The van der Waals surface area contributed by atoms with Gasteiger partial charge in [0.1, 0.15) is 0 Å². The Labute approximate surface area is 118 Å². The number of nitriles is 2. The van der Waals surface area contributed by atoms with Crippen LogP contribution in [0, 0.1) is 22.7 Å². The molecule has 20 heavy (non-hydrogen) atoms. The first kappa shape index (κ1) is 14.5. The highest BCUT2D eigenvalue weighted by Gasteiger charge is 2.28. The van der Waals surface area contributed by atoms with Gasteiger partial charge in [0.2, 0.25) is 10.0 Å². The van der Waals surface area contributed by atoms with Crippen molar-refractivity contribution in [3.8, 4) is 12.1 Å². The van der Waals surface area contributed by atoms with Crippen LogP contribution in [0.2, 0.25) is 0 Å². The van der Waals surface area contributed by atoms with Gasteiger partial charge < -0.3 is 0 Å². The molecule has 0 amide bonds. The lowest BCUT2D eigenvalue weighted by Crippen LogP contribution is -2.48. The molecule has 0 aliphatic carbocycles. The molecule has 1 aliphatic rings. The minimum Gasteiger partial charge on any atom is -0.288 e. The van der Waals surface area contributed by atoms with E-state index in [1.165, 1.54) is 28.6 Å². The molecule has 0 saturated carbocycles. The molecule has 1 heterocycles. The number of nitrogens with zero attached hydrogens (tertiary/aromatic N) is 4. The average molecular weight is 290 g/mol. The Kier molecular flexibility index (Phi) is 4.35. The van der Waals surface area contributed by atoms with Gasteiger partial charge in [-0.05, 0) is 24.3 Å². The molecule has 0 unspecified atom stereocenters. The van der Waals surface area contributed by atoms with Crippen molar-refractivity contribution in [2.45, 2.75) is 4.90 Å². The summed E-state index contributed by atoms with van der Waals surface area (Å²) in [5.41, 5.74) is 0.433. The van der Waals surface area contributed by atoms with E-state index < -0.39 is 10.0 Å². The number of hydrogen-bond donors (Lipinski definition) is 0. The summed E-state index contributed by atoms with van der Waals surface area (Å²) in [6.45, 7) is 2.20. The van der Waals surface area contributed by atoms with Crippen LogP contribution >= 0.6 is 0 Å². The lowest BCUT2D eigenvalue weighted by molar-refractivity contribution is 0.206. The monoisotopic (exact) mass is 290 g/mol. The van der Waals surface area contributed by atoms with Gasteiger partial charge in [-0.2, -0.15) is 14.8 Å². The second kappa shape index (κ2) is 6.02. The molecule has 6 nitrogen and oxygen atoms in total. The highest BCUT2D eigenvalue weighted by molar-refractivity contribution is 7.89. The van der Waals surface area contributed by atoms with Crippen molar-refractivity contribution in [2.24, 2.45) is 0 Å². The maximum Gasteiger partial charge on any atom is 0.243 e. The summed E-state index contributed by atoms with van der Waals surface area (Å²) < 4.78 is 26.2. The molecule has 1 aromatic carbocycles. The molecule has 0 bridgehead atoms. The molecule has 0 N–H and O–H groups in total. The van der Waals surface area contributed by atoms with E-state index in [-0.39, 0.29) is 4.90 Å². The van der Waals surface area contributed by atoms with Gasteiger partial charge in [0.25, 0.3) is 0 Å². The van der Waals surface area contributed by atoms with Crippen LogP contribution in [0.3, 0.4) is 0 Å². The van der Waals surface area contributed by atoms with E-state index in [0.717, 1.165) is 0 Å². The average Bonchev–Trinajstić information content (AvgIpc) is 2.48. The normalized spacial score (nSPS) is 17.3. The van der Waals surface area contributed by atoms with Gasteiger partial charge in [0.15, 0.2) is 0 Å². The Balaban J connectivity index is 2.12. The van der Waals surface area contributed by atoms with Gasteiger partial charge in [-0.3, -0.25) is 4.90 Å². The molecule has 0 spiro atoms. The molecule has 104 valence electrons. The number of sulfonamides is 1. The van der Waals surface area contributed by atoms with Crippen molar-refractivity contribution in [3.05, 3.63) is 29.8 Å². The van der Waals surface area contributed by atoms with Gasteiger partial charge in [0, 0.05) is 26.2 Å². The van der Waals surface area contributed by atoms with Crippen LogP contribution in [0.15, 0.2) is 29.2 Å². The fourth-order valence-electron chi connectivity index (χ4n) is 2.08. The number of piperazine rings is 1. The molecule has 0 aromatic heterocycles. The van der Waals surface area contributed by atoms with Crippen molar-refractivity contribution in [3.63, 3.8) is 0 Å². The van der Waals surface area contributed by atoms with Gasteiger partial charge in [-0.25, -0.2) is 8.42 Å². The summed E-state index contributed by atoms with van der Waals surface area (Å²) in [6, 6.07) is 9.93. The molecule has 1 fully saturated rings. The van der Waals surface area contributed by atoms with Crippen LogP contribution in [0.1, 0.15) is 5.56 Å². The van der Waals surface area contributed by atoms with E-state index in [1.807, 2.05) is 11.0 Å². The third-order valence-electron chi connectivity index (χ3n) is 3.25. The Bertz CT molecular complexity index is 647. The molecular weight excluding hydrogens is 276 g/mol. The topological polar surface area (TPSA) is 88.2 Å². The molecule has 1 aliphatic heterocycles. The van der Waals surface area contributed by atoms with Gasteiger partial charge >= 0.3 is 0 Å². The smallest absolute Gasteiger partial charge is 0.243 e. The second-order valence-corrected chi connectivity index (χ2v) is 6.41. The Morgan fingerprint density at radius 3 is 2.15 bits per heavy atom. The summed E-state index contributed by atoms with van der Waals surface area (Å²) in [7, 11) is -3.51. The standard InChI is InChI=1S/C13H14N4O2S/c14-5-6-16-7-9-17(10-8-16)20(18,19)13-3-1-12(11-15)2-4-13/h1-4H,6-10H2. The fraction of sp³-hybridized carbons (Fsp3) is 0.385. The predicted octanol–water partition coefficient (Wildman–Crippen LogP) is 0.388. The zero-order valence-electron chi connectivity index (χ0n) is 10.9. The highest BCUT2D eigenvalue weighted by Crippen LogP contribution is 2.18. The van der Waals surface area contributed by atoms with E-state index in [0.29, 0.717) is 38.3 Å². The first-order chi connectivity index (χ1) is 9.57.